The molecule has 3 heterocycles. The van der Waals surface area contributed by atoms with Gasteiger partial charge in [-0.3, -0.25) is 28.7 Å². The van der Waals surface area contributed by atoms with Crippen molar-refractivity contribution >= 4 is 29.5 Å². The summed E-state index contributed by atoms with van der Waals surface area (Å²) in [5.74, 6) is -0.962. The van der Waals surface area contributed by atoms with Gasteiger partial charge in [0.1, 0.15) is 12.1 Å². The molecule has 4 rings (SSSR count). The number of fused-ring (bicyclic) bond motifs is 23. The fraction of sp³-hybridized carbons (Fsp3) is 0.632. The summed E-state index contributed by atoms with van der Waals surface area (Å²) in [5.41, 5.74) is 3.76. The minimum Gasteiger partial charge on any atom is -0.493 e. The predicted octanol–water partition coefficient (Wildman–Crippen LogP) is 1.63. The van der Waals surface area contributed by atoms with Crippen LogP contribution in [-0.4, -0.2) is 107 Å². The van der Waals surface area contributed by atoms with E-state index in [1.54, 1.807) is 23.1 Å². The highest BCUT2D eigenvalue weighted by atomic mass is 16.5. The maximum Gasteiger partial charge on any atom is 0.257 e. The van der Waals surface area contributed by atoms with Gasteiger partial charge in [0.15, 0.2) is 18.1 Å². The molecule has 294 valence electrons. The molecule has 53 heavy (non-hydrogen) atoms. The molecule has 5 amide bonds. The van der Waals surface area contributed by atoms with Crippen molar-refractivity contribution in [1.29, 1.82) is 0 Å². The number of nitrogens with zero attached hydrogens (tertiary/aromatic N) is 3. The van der Waals surface area contributed by atoms with Gasteiger partial charge in [-0.2, -0.15) is 5.10 Å². The van der Waals surface area contributed by atoms with E-state index in [9.17, 15) is 29.1 Å². The zero-order valence-electron chi connectivity index (χ0n) is 32.4. The van der Waals surface area contributed by atoms with E-state index in [1.807, 2.05) is 39.4 Å². The quantitative estimate of drug-likeness (QED) is 0.263. The van der Waals surface area contributed by atoms with Crippen LogP contribution < -0.4 is 30.7 Å². The van der Waals surface area contributed by atoms with Crippen LogP contribution in [0.15, 0.2) is 18.2 Å². The summed E-state index contributed by atoms with van der Waals surface area (Å²) in [4.78, 5) is 67.4. The van der Waals surface area contributed by atoms with Crippen LogP contribution in [0, 0.1) is 19.8 Å². The number of nitrogens with one attached hydrogen (secondary N) is 4. The highest BCUT2D eigenvalue weighted by Crippen LogP contribution is 2.28. The fourth-order valence-corrected chi connectivity index (χ4v) is 6.24. The molecule has 0 saturated heterocycles. The lowest BCUT2D eigenvalue weighted by molar-refractivity contribution is -0.134. The molecule has 2 bridgehead atoms. The van der Waals surface area contributed by atoms with Gasteiger partial charge in [-0.25, -0.2) is 0 Å². The molecule has 1 aromatic carbocycles. The van der Waals surface area contributed by atoms with Crippen LogP contribution in [0.3, 0.4) is 0 Å². The van der Waals surface area contributed by atoms with Gasteiger partial charge in [0.05, 0.1) is 18.9 Å². The summed E-state index contributed by atoms with van der Waals surface area (Å²) < 4.78 is 13.0. The van der Waals surface area contributed by atoms with Crippen molar-refractivity contribution in [1.82, 2.24) is 35.9 Å². The van der Waals surface area contributed by atoms with Crippen LogP contribution in [0.5, 0.6) is 11.5 Å². The summed E-state index contributed by atoms with van der Waals surface area (Å²) >= 11 is 0. The largest absolute Gasteiger partial charge is 0.493 e. The number of aryl methyl sites for hydroxylation is 3. The third-order valence-electron chi connectivity index (χ3n) is 9.33. The first kappa shape index (κ1) is 42.8. The first-order chi connectivity index (χ1) is 25.2. The summed E-state index contributed by atoms with van der Waals surface area (Å²) in [6.45, 7) is 10.4. The Morgan fingerprint density at radius 2 is 1.70 bits per heavy atom. The molecule has 2 aliphatic rings. The van der Waals surface area contributed by atoms with Gasteiger partial charge in [0, 0.05) is 51.8 Å². The number of benzene rings is 1. The lowest BCUT2D eigenvalue weighted by atomic mass is 10.0. The normalized spacial score (nSPS) is 19.8. The molecular formula is C38H59N7O8. The van der Waals surface area contributed by atoms with E-state index in [0.29, 0.717) is 76.1 Å². The molecule has 0 spiro atoms. The van der Waals surface area contributed by atoms with Crippen LogP contribution in [0.4, 0.5) is 0 Å². The Morgan fingerprint density at radius 3 is 2.36 bits per heavy atom. The van der Waals surface area contributed by atoms with Crippen molar-refractivity contribution in [2.24, 2.45) is 13.0 Å². The van der Waals surface area contributed by atoms with Crippen LogP contribution in [-0.2, 0) is 43.9 Å². The van der Waals surface area contributed by atoms with Gasteiger partial charge in [0.2, 0.25) is 23.6 Å². The highest BCUT2D eigenvalue weighted by Gasteiger charge is 2.30. The van der Waals surface area contributed by atoms with Crippen molar-refractivity contribution in [3.63, 3.8) is 0 Å². The molecule has 0 fully saturated rings. The van der Waals surface area contributed by atoms with E-state index in [4.69, 9.17) is 9.47 Å². The van der Waals surface area contributed by atoms with E-state index in [-0.39, 0.29) is 43.2 Å². The van der Waals surface area contributed by atoms with Crippen molar-refractivity contribution in [3.05, 3.63) is 40.7 Å². The van der Waals surface area contributed by atoms with Crippen LogP contribution in [0.25, 0.3) is 0 Å². The Bertz CT molecular complexity index is 1560. The molecular weight excluding hydrogens is 682 g/mol. The zero-order valence-corrected chi connectivity index (χ0v) is 32.4. The van der Waals surface area contributed by atoms with Gasteiger partial charge < -0.3 is 40.7 Å². The van der Waals surface area contributed by atoms with Gasteiger partial charge >= 0.3 is 0 Å². The number of aromatic nitrogens is 2. The molecule has 1 aromatic heterocycles. The number of carbonyl (C=O) groups excluding carboxylic acids is 5. The molecule has 15 heteroatoms. The van der Waals surface area contributed by atoms with Gasteiger partial charge in [-0.1, -0.05) is 19.9 Å². The molecule has 0 radical (unpaired) electrons. The zero-order chi connectivity index (χ0) is 39.1. The smallest absolute Gasteiger partial charge is 0.257 e. The van der Waals surface area contributed by atoms with E-state index in [2.05, 4.69) is 26.4 Å². The van der Waals surface area contributed by atoms with Gasteiger partial charge in [0.25, 0.3) is 5.91 Å². The van der Waals surface area contributed by atoms with Crippen molar-refractivity contribution in [3.8, 4) is 11.5 Å². The number of aliphatic hydroxyl groups is 1. The number of rotatable bonds is 7. The SMILES string of the molecule is COc1cc2ccc1OCC(=O)NCCCN(C(=O)CCc1c(C)nn(C)c1C)CCCCNC(=O)[C@H]([C@@H](C)O)NC(=O)[C@@H](CC(C)C)NC(=O)CC2. The number of aliphatic hydroxyl groups excluding tert-OH is 1. The van der Waals surface area contributed by atoms with E-state index in [1.165, 1.54) is 14.0 Å². The van der Waals surface area contributed by atoms with Crippen molar-refractivity contribution < 1.29 is 38.6 Å². The number of ether oxygens (including phenoxy) is 2. The van der Waals surface area contributed by atoms with Crippen LogP contribution in [0.2, 0.25) is 0 Å². The molecule has 2 aromatic rings. The lowest BCUT2D eigenvalue weighted by Crippen LogP contribution is -2.57. The molecule has 0 saturated carbocycles. The Hall–Kier alpha value is -4.66. The summed E-state index contributed by atoms with van der Waals surface area (Å²) in [5, 5.41) is 26.0. The van der Waals surface area contributed by atoms with Crippen molar-refractivity contribution in [2.45, 2.75) is 104 Å². The number of methoxy groups -OCH3 is 1. The molecule has 5 N–H and O–H groups in total. The van der Waals surface area contributed by atoms with E-state index in [0.717, 1.165) is 22.5 Å². The second-order valence-electron chi connectivity index (χ2n) is 14.1. The minimum absolute atomic E-state index is 0.0185. The predicted molar refractivity (Wildman–Crippen MR) is 199 cm³/mol. The fourth-order valence-electron chi connectivity index (χ4n) is 6.24. The summed E-state index contributed by atoms with van der Waals surface area (Å²) in [6.07, 6.45) is 2.09. The third kappa shape index (κ3) is 13.7. The first-order valence-corrected chi connectivity index (χ1v) is 18.6. The Kier molecular flexibility index (Phi) is 17.1. The van der Waals surface area contributed by atoms with E-state index >= 15 is 0 Å². The average Bonchev–Trinajstić information content (AvgIpc) is 3.35. The molecule has 15 nitrogen and oxygen atoms in total. The molecule has 3 atom stereocenters. The second-order valence-corrected chi connectivity index (χ2v) is 14.1. The number of hydrogen-bond donors (Lipinski definition) is 5. The number of carbonyl (C=O) groups is 5. The van der Waals surface area contributed by atoms with Crippen LogP contribution in [0.1, 0.15) is 81.8 Å². The standard InChI is InChI=1S/C38H59N7O8/c1-24(2)21-30-37(50)42-36(27(5)46)38(51)40-17-8-9-19-45(35(49)16-13-29-25(3)43-44(6)26(29)4)20-10-18-39-34(48)23-53-31-14-11-28(22-32(31)52-7)12-15-33(47)41-30/h11,14,22,24,27,30,36,46H,8-10,12-13,15-21,23H2,1-7H3,(H,39,48)(H,40,51)(H,41,47)(H,42,50)/t27-,30-,36+/m1/s1. The summed E-state index contributed by atoms with van der Waals surface area (Å²) in [6, 6.07) is 3.05. The molecule has 2 aliphatic heterocycles. The average molecular weight is 742 g/mol. The lowest BCUT2D eigenvalue weighted by Gasteiger charge is -2.26. The van der Waals surface area contributed by atoms with Gasteiger partial charge in [-0.15, -0.1) is 0 Å². The molecule has 0 aliphatic carbocycles. The Balaban J connectivity index is 1.76. The minimum atomic E-state index is -1.23. The first-order valence-electron chi connectivity index (χ1n) is 18.6. The maximum absolute atomic E-state index is 13.5. The van der Waals surface area contributed by atoms with Crippen LogP contribution >= 0.6 is 0 Å². The second kappa shape index (κ2) is 21.1. The van der Waals surface area contributed by atoms with Crippen molar-refractivity contribution in [2.75, 3.05) is 39.9 Å². The Morgan fingerprint density at radius 1 is 0.981 bits per heavy atom. The number of amides is 5. The maximum atomic E-state index is 13.5. The third-order valence-corrected chi connectivity index (χ3v) is 9.33. The van der Waals surface area contributed by atoms with Gasteiger partial charge in [-0.05, 0) is 88.5 Å². The monoisotopic (exact) mass is 741 g/mol. The highest BCUT2D eigenvalue weighted by molar-refractivity contribution is 5.92. The Labute approximate surface area is 312 Å². The number of hydrogen-bond acceptors (Lipinski definition) is 9. The molecule has 0 unspecified atom stereocenters. The van der Waals surface area contributed by atoms with E-state index < -0.39 is 30.0 Å². The topological polar surface area (TPSA) is 193 Å². The summed E-state index contributed by atoms with van der Waals surface area (Å²) in [7, 11) is 3.37.